The van der Waals surface area contributed by atoms with Crippen LogP contribution in [0.2, 0.25) is 5.02 Å². The zero-order chi connectivity index (χ0) is 22.5. The van der Waals surface area contributed by atoms with Gasteiger partial charge >= 0.3 is 0 Å². The van der Waals surface area contributed by atoms with Crippen LogP contribution in [0, 0.1) is 0 Å². The minimum absolute atomic E-state index is 0.0436. The van der Waals surface area contributed by atoms with Crippen LogP contribution in [0.4, 0.5) is 0 Å². The van der Waals surface area contributed by atoms with Gasteiger partial charge in [-0.1, -0.05) is 35.9 Å². The van der Waals surface area contributed by atoms with E-state index in [4.69, 9.17) is 25.8 Å². The first kappa shape index (κ1) is 21.5. The third-order valence-corrected chi connectivity index (χ3v) is 5.35. The average Bonchev–Trinajstić information content (AvgIpc) is 2.83. The molecule has 0 aliphatic rings. The van der Waals surface area contributed by atoms with Gasteiger partial charge in [0.15, 0.2) is 11.5 Å². The highest BCUT2D eigenvalue weighted by Gasteiger charge is 2.16. The number of phenolic OH excluding ortho intramolecular Hbond substituents is 1. The number of nitrogens with zero attached hydrogens (tertiary/aromatic N) is 2. The molecule has 32 heavy (non-hydrogen) atoms. The van der Waals surface area contributed by atoms with Gasteiger partial charge in [-0.05, 0) is 35.9 Å². The van der Waals surface area contributed by atoms with Gasteiger partial charge in [-0.25, -0.2) is 9.97 Å². The summed E-state index contributed by atoms with van der Waals surface area (Å²) >= 11 is 6.18. The fourth-order valence-corrected chi connectivity index (χ4v) is 3.53. The van der Waals surface area contributed by atoms with E-state index in [9.17, 15) is 5.11 Å². The second-order valence-electron chi connectivity index (χ2n) is 6.91. The third kappa shape index (κ3) is 4.45. The summed E-state index contributed by atoms with van der Waals surface area (Å²) in [6.07, 6.45) is 3.14. The van der Waals surface area contributed by atoms with E-state index < -0.39 is 0 Å². The average molecular weight is 449 g/mol. The van der Waals surface area contributed by atoms with E-state index in [1.165, 1.54) is 6.33 Å². The predicted molar refractivity (Wildman–Crippen MR) is 123 cm³/mol. The van der Waals surface area contributed by atoms with E-state index in [2.05, 4.69) is 9.97 Å². The Morgan fingerprint density at radius 1 is 0.906 bits per heavy atom. The Morgan fingerprint density at radius 2 is 1.72 bits per heavy atom. The summed E-state index contributed by atoms with van der Waals surface area (Å²) in [5.74, 6) is 1.78. The molecule has 6 nitrogen and oxygen atoms in total. The van der Waals surface area contributed by atoms with Gasteiger partial charge in [-0.2, -0.15) is 0 Å². The quantitative estimate of drug-likeness (QED) is 0.387. The molecule has 0 saturated carbocycles. The van der Waals surface area contributed by atoms with Crippen LogP contribution in [0.5, 0.6) is 23.0 Å². The maximum atomic E-state index is 10.7. The van der Waals surface area contributed by atoms with Crippen molar-refractivity contribution in [2.45, 2.75) is 6.61 Å². The van der Waals surface area contributed by atoms with Crippen molar-refractivity contribution in [2.24, 2.45) is 0 Å². The van der Waals surface area contributed by atoms with Crippen molar-refractivity contribution in [3.63, 3.8) is 0 Å². The van der Waals surface area contributed by atoms with E-state index in [1.54, 1.807) is 38.6 Å². The van der Waals surface area contributed by atoms with Gasteiger partial charge in [-0.3, -0.25) is 0 Å². The summed E-state index contributed by atoms with van der Waals surface area (Å²) in [5.41, 5.74) is 3.58. The summed E-state index contributed by atoms with van der Waals surface area (Å²) in [6, 6.07) is 18.1. The highest BCUT2D eigenvalue weighted by atomic mass is 35.5. The van der Waals surface area contributed by atoms with Crippen molar-refractivity contribution in [3.8, 4) is 45.4 Å². The number of ether oxygens (including phenoxy) is 3. The van der Waals surface area contributed by atoms with Crippen molar-refractivity contribution in [2.75, 3.05) is 14.2 Å². The summed E-state index contributed by atoms with van der Waals surface area (Å²) in [6.45, 7) is 0.295. The Bertz CT molecular complexity index is 1250. The number of phenols is 1. The molecule has 1 N–H and O–H groups in total. The van der Waals surface area contributed by atoms with Crippen molar-refractivity contribution in [3.05, 3.63) is 83.8 Å². The Hall–Kier alpha value is -3.77. The number of aromatic hydroxyl groups is 1. The Labute approximate surface area is 191 Å². The molecule has 0 aliphatic carbocycles. The number of benzene rings is 3. The van der Waals surface area contributed by atoms with Gasteiger partial charge < -0.3 is 19.3 Å². The summed E-state index contributed by atoms with van der Waals surface area (Å²) < 4.78 is 16.5. The summed E-state index contributed by atoms with van der Waals surface area (Å²) in [7, 11) is 3.17. The van der Waals surface area contributed by atoms with Gasteiger partial charge in [0.2, 0.25) is 0 Å². The van der Waals surface area contributed by atoms with Crippen LogP contribution in [0.15, 0.2) is 73.2 Å². The van der Waals surface area contributed by atoms with Crippen LogP contribution < -0.4 is 14.2 Å². The Morgan fingerprint density at radius 3 is 2.47 bits per heavy atom. The van der Waals surface area contributed by atoms with Crippen LogP contribution in [0.1, 0.15) is 5.56 Å². The molecule has 7 heteroatoms. The zero-order valence-electron chi connectivity index (χ0n) is 17.6. The van der Waals surface area contributed by atoms with E-state index >= 15 is 0 Å². The lowest BCUT2D eigenvalue weighted by molar-refractivity contribution is 0.304. The topological polar surface area (TPSA) is 73.7 Å². The van der Waals surface area contributed by atoms with E-state index in [0.717, 1.165) is 16.7 Å². The monoisotopic (exact) mass is 448 g/mol. The van der Waals surface area contributed by atoms with Crippen LogP contribution in [0.3, 0.4) is 0 Å². The molecule has 0 fully saturated rings. The molecular formula is C25H21ClN2O4. The first-order valence-corrected chi connectivity index (χ1v) is 10.2. The number of rotatable bonds is 7. The number of halogens is 1. The highest BCUT2D eigenvalue weighted by molar-refractivity contribution is 6.31. The SMILES string of the molecule is COc1ccc(-c2cncnc2-c2ccc(OCc3ccccc3Cl)cc2O)cc1OC. The maximum Gasteiger partial charge on any atom is 0.161 e. The minimum Gasteiger partial charge on any atom is -0.507 e. The van der Waals surface area contributed by atoms with Gasteiger partial charge in [0.25, 0.3) is 0 Å². The molecule has 0 amide bonds. The minimum atomic E-state index is 0.0436. The molecule has 162 valence electrons. The van der Waals surface area contributed by atoms with Crippen LogP contribution in [0.25, 0.3) is 22.4 Å². The number of hydrogen-bond donors (Lipinski definition) is 1. The lowest BCUT2D eigenvalue weighted by Gasteiger charge is -2.14. The second-order valence-corrected chi connectivity index (χ2v) is 7.32. The first-order chi connectivity index (χ1) is 15.6. The predicted octanol–water partition coefficient (Wildman–Crippen LogP) is 5.77. The molecule has 0 atom stereocenters. The lowest BCUT2D eigenvalue weighted by atomic mass is 9.99. The van der Waals surface area contributed by atoms with Crippen LogP contribution >= 0.6 is 11.6 Å². The van der Waals surface area contributed by atoms with Gasteiger partial charge in [0, 0.05) is 34.0 Å². The van der Waals surface area contributed by atoms with Crippen molar-refractivity contribution < 1.29 is 19.3 Å². The molecular weight excluding hydrogens is 428 g/mol. The molecule has 4 aromatic rings. The van der Waals surface area contributed by atoms with Gasteiger partial charge in [0.05, 0.1) is 19.9 Å². The van der Waals surface area contributed by atoms with E-state index in [0.29, 0.717) is 40.1 Å². The molecule has 0 unspecified atom stereocenters. The molecule has 0 spiro atoms. The highest BCUT2D eigenvalue weighted by Crippen LogP contribution is 2.39. The van der Waals surface area contributed by atoms with Crippen LogP contribution in [-0.4, -0.2) is 29.3 Å². The first-order valence-electron chi connectivity index (χ1n) is 9.82. The van der Waals surface area contributed by atoms with Gasteiger partial charge in [0.1, 0.15) is 24.4 Å². The van der Waals surface area contributed by atoms with Crippen molar-refractivity contribution in [1.82, 2.24) is 9.97 Å². The lowest BCUT2D eigenvalue weighted by Crippen LogP contribution is -1.97. The molecule has 0 saturated heterocycles. The molecule has 0 radical (unpaired) electrons. The Balaban J connectivity index is 1.64. The van der Waals surface area contributed by atoms with Gasteiger partial charge in [-0.15, -0.1) is 0 Å². The fourth-order valence-electron chi connectivity index (χ4n) is 3.34. The van der Waals surface area contributed by atoms with Crippen molar-refractivity contribution >= 4 is 11.6 Å². The zero-order valence-corrected chi connectivity index (χ0v) is 18.3. The Kier molecular flexibility index (Phi) is 6.42. The normalized spacial score (nSPS) is 10.6. The number of methoxy groups -OCH3 is 2. The number of hydrogen-bond acceptors (Lipinski definition) is 6. The largest absolute Gasteiger partial charge is 0.507 e. The molecule has 0 bridgehead atoms. The maximum absolute atomic E-state index is 10.7. The van der Waals surface area contributed by atoms with Crippen LogP contribution in [-0.2, 0) is 6.61 Å². The molecule has 1 aromatic heterocycles. The molecule has 3 aromatic carbocycles. The molecule has 1 heterocycles. The molecule has 4 rings (SSSR count). The fraction of sp³-hybridized carbons (Fsp3) is 0.120. The summed E-state index contributed by atoms with van der Waals surface area (Å²) in [4.78, 5) is 8.58. The number of aromatic nitrogens is 2. The molecule has 0 aliphatic heterocycles. The van der Waals surface area contributed by atoms with E-state index in [-0.39, 0.29) is 5.75 Å². The second kappa shape index (κ2) is 9.58. The third-order valence-electron chi connectivity index (χ3n) is 4.98. The smallest absolute Gasteiger partial charge is 0.161 e. The van der Waals surface area contributed by atoms with E-state index in [1.807, 2.05) is 42.5 Å². The van der Waals surface area contributed by atoms with Crippen molar-refractivity contribution in [1.29, 1.82) is 0 Å². The summed E-state index contributed by atoms with van der Waals surface area (Å²) in [5, 5.41) is 11.4. The standard InChI is InChI=1S/C25H21ClN2O4/c1-30-23-10-7-16(11-24(23)31-2)20-13-27-15-28-25(20)19-9-8-18(12-22(19)29)32-14-17-5-3-4-6-21(17)26/h3-13,15,29H,14H2,1-2H3.